The smallest absolute Gasteiger partial charge is 0.328 e. The number of carbonyl (C=O) groups excluding carboxylic acids is 2. The van der Waals surface area contributed by atoms with Crippen molar-refractivity contribution in [3.63, 3.8) is 0 Å². The van der Waals surface area contributed by atoms with E-state index in [0.29, 0.717) is 5.92 Å². The summed E-state index contributed by atoms with van der Waals surface area (Å²) in [6.45, 7) is 5.84. The highest BCUT2D eigenvalue weighted by molar-refractivity contribution is 5.94. The van der Waals surface area contributed by atoms with Crippen LogP contribution in [0.3, 0.4) is 0 Å². The summed E-state index contributed by atoms with van der Waals surface area (Å²) in [5.74, 6) is -0.305. The minimum absolute atomic E-state index is 0.323. The third-order valence-corrected chi connectivity index (χ3v) is 2.94. The van der Waals surface area contributed by atoms with Crippen molar-refractivity contribution in [2.24, 2.45) is 0 Å². The summed E-state index contributed by atoms with van der Waals surface area (Å²) in [7, 11) is 1.29. The average Bonchev–Trinajstić information content (AvgIpc) is 2.44. The first-order valence-corrected chi connectivity index (χ1v) is 6.60. The quantitative estimate of drug-likeness (QED) is 0.663. The maximum absolute atomic E-state index is 11.6. The minimum Gasteiger partial charge on any atom is -0.467 e. The van der Waals surface area contributed by atoms with Crippen molar-refractivity contribution >= 4 is 18.0 Å². The topological polar surface area (TPSA) is 55.4 Å². The Kier molecular flexibility index (Phi) is 5.97. The normalized spacial score (nSPS) is 12.4. The molecule has 0 saturated carbocycles. The monoisotopic (exact) mass is 275 g/mol. The first-order chi connectivity index (χ1) is 9.43. The maximum atomic E-state index is 11.6. The number of methoxy groups -OCH3 is 1. The standard InChI is InChI=1S/C16H21NO3/c1-11(2)14-8-5-13(6-9-14)7-10-15(18)17-12(3)16(19)20-4/h5-12H,1-4H3,(H,17,18)/b10-7+/t12-/m0/s1. The van der Waals surface area contributed by atoms with Crippen LogP contribution in [0.4, 0.5) is 0 Å². The van der Waals surface area contributed by atoms with Crippen LogP contribution in [-0.4, -0.2) is 25.0 Å². The van der Waals surface area contributed by atoms with Crippen LogP contribution in [-0.2, 0) is 14.3 Å². The third kappa shape index (κ3) is 4.88. The van der Waals surface area contributed by atoms with Crippen LogP contribution in [0.15, 0.2) is 30.3 Å². The predicted octanol–water partition coefficient (Wildman–Crippen LogP) is 2.50. The summed E-state index contributed by atoms with van der Waals surface area (Å²) in [4.78, 5) is 22.8. The van der Waals surface area contributed by atoms with Crippen molar-refractivity contribution in [3.8, 4) is 0 Å². The van der Waals surface area contributed by atoms with Gasteiger partial charge in [-0.05, 0) is 30.0 Å². The summed E-state index contributed by atoms with van der Waals surface area (Å²) in [5, 5.41) is 2.53. The highest BCUT2D eigenvalue weighted by Gasteiger charge is 2.13. The third-order valence-electron chi connectivity index (χ3n) is 2.94. The molecule has 1 rings (SSSR count). The molecular formula is C16H21NO3. The Balaban J connectivity index is 2.59. The largest absolute Gasteiger partial charge is 0.467 e. The first kappa shape index (κ1) is 16.0. The lowest BCUT2D eigenvalue weighted by molar-refractivity contribution is -0.144. The molecule has 0 heterocycles. The molecular weight excluding hydrogens is 254 g/mol. The summed E-state index contributed by atoms with van der Waals surface area (Å²) >= 11 is 0. The van der Waals surface area contributed by atoms with E-state index in [2.05, 4.69) is 23.9 Å². The van der Waals surface area contributed by atoms with Crippen LogP contribution in [0.2, 0.25) is 0 Å². The lowest BCUT2D eigenvalue weighted by Crippen LogP contribution is -2.38. The summed E-state index contributed by atoms with van der Waals surface area (Å²) in [6.07, 6.45) is 3.12. The summed E-state index contributed by atoms with van der Waals surface area (Å²) in [6, 6.07) is 7.35. The molecule has 1 aromatic carbocycles. The molecule has 0 aromatic heterocycles. The van der Waals surface area contributed by atoms with Gasteiger partial charge < -0.3 is 10.1 Å². The predicted molar refractivity (Wildman–Crippen MR) is 79.2 cm³/mol. The van der Waals surface area contributed by atoms with Crippen molar-refractivity contribution < 1.29 is 14.3 Å². The molecule has 0 aliphatic carbocycles. The second kappa shape index (κ2) is 7.48. The van der Waals surface area contributed by atoms with Gasteiger partial charge in [0.05, 0.1) is 7.11 Å². The van der Waals surface area contributed by atoms with E-state index in [4.69, 9.17) is 0 Å². The lowest BCUT2D eigenvalue weighted by Gasteiger charge is -2.09. The zero-order valence-electron chi connectivity index (χ0n) is 12.3. The molecule has 0 bridgehead atoms. The van der Waals surface area contributed by atoms with E-state index in [0.717, 1.165) is 5.56 Å². The molecule has 1 atom stereocenters. The van der Waals surface area contributed by atoms with Gasteiger partial charge in [-0.1, -0.05) is 38.1 Å². The first-order valence-electron chi connectivity index (χ1n) is 6.60. The number of benzene rings is 1. The lowest BCUT2D eigenvalue weighted by atomic mass is 10.0. The van der Waals surface area contributed by atoms with Crippen LogP contribution in [0.5, 0.6) is 0 Å². The van der Waals surface area contributed by atoms with E-state index < -0.39 is 12.0 Å². The minimum atomic E-state index is -0.652. The molecule has 4 heteroatoms. The molecule has 1 aromatic rings. The highest BCUT2D eigenvalue weighted by Crippen LogP contribution is 2.15. The zero-order chi connectivity index (χ0) is 15.1. The van der Waals surface area contributed by atoms with Crippen LogP contribution >= 0.6 is 0 Å². The molecule has 0 unspecified atom stereocenters. The molecule has 1 N–H and O–H groups in total. The van der Waals surface area contributed by atoms with Crippen LogP contribution < -0.4 is 5.32 Å². The van der Waals surface area contributed by atoms with Gasteiger partial charge in [0, 0.05) is 6.08 Å². The van der Waals surface area contributed by atoms with E-state index in [1.165, 1.54) is 18.7 Å². The SMILES string of the molecule is COC(=O)[C@H](C)NC(=O)/C=C/c1ccc(C(C)C)cc1. The van der Waals surface area contributed by atoms with E-state index >= 15 is 0 Å². The number of carbonyl (C=O) groups is 2. The average molecular weight is 275 g/mol. The fraction of sp³-hybridized carbons (Fsp3) is 0.375. The second-order valence-corrected chi connectivity index (χ2v) is 4.91. The molecule has 0 radical (unpaired) electrons. The van der Waals surface area contributed by atoms with Gasteiger partial charge in [-0.3, -0.25) is 4.79 Å². The van der Waals surface area contributed by atoms with Crippen molar-refractivity contribution in [1.29, 1.82) is 0 Å². The van der Waals surface area contributed by atoms with Crippen molar-refractivity contribution in [1.82, 2.24) is 5.32 Å². The number of nitrogens with one attached hydrogen (secondary N) is 1. The maximum Gasteiger partial charge on any atom is 0.328 e. The second-order valence-electron chi connectivity index (χ2n) is 4.91. The van der Waals surface area contributed by atoms with Crippen molar-refractivity contribution in [2.75, 3.05) is 7.11 Å². The molecule has 0 aliphatic rings. The van der Waals surface area contributed by atoms with E-state index in [1.807, 2.05) is 24.3 Å². The van der Waals surface area contributed by atoms with Crippen LogP contribution in [0, 0.1) is 0 Å². The van der Waals surface area contributed by atoms with E-state index in [9.17, 15) is 9.59 Å². The van der Waals surface area contributed by atoms with Crippen molar-refractivity contribution in [2.45, 2.75) is 32.7 Å². The van der Waals surface area contributed by atoms with Gasteiger partial charge >= 0.3 is 5.97 Å². The Morgan fingerprint density at radius 1 is 1.15 bits per heavy atom. The summed E-state index contributed by atoms with van der Waals surface area (Å²) < 4.78 is 4.53. The molecule has 108 valence electrons. The van der Waals surface area contributed by atoms with Gasteiger partial charge in [-0.25, -0.2) is 4.79 Å². The fourth-order valence-electron chi connectivity index (χ4n) is 1.66. The van der Waals surface area contributed by atoms with Gasteiger partial charge in [-0.15, -0.1) is 0 Å². The fourth-order valence-corrected chi connectivity index (χ4v) is 1.66. The van der Waals surface area contributed by atoms with E-state index in [-0.39, 0.29) is 5.91 Å². The number of hydrogen-bond donors (Lipinski definition) is 1. The van der Waals surface area contributed by atoms with Crippen LogP contribution in [0.1, 0.15) is 37.8 Å². The van der Waals surface area contributed by atoms with Gasteiger partial charge in [0.1, 0.15) is 6.04 Å². The molecule has 0 spiro atoms. The van der Waals surface area contributed by atoms with Crippen molar-refractivity contribution in [3.05, 3.63) is 41.5 Å². The Morgan fingerprint density at radius 3 is 2.25 bits per heavy atom. The number of ether oxygens (including phenoxy) is 1. The Labute approximate surface area is 119 Å². The molecule has 1 amide bonds. The number of esters is 1. The van der Waals surface area contributed by atoms with Gasteiger partial charge in [0.25, 0.3) is 0 Å². The molecule has 0 saturated heterocycles. The number of rotatable bonds is 5. The Bertz CT molecular complexity index is 489. The number of hydrogen-bond acceptors (Lipinski definition) is 3. The van der Waals surface area contributed by atoms with Gasteiger partial charge in [-0.2, -0.15) is 0 Å². The molecule has 0 fully saturated rings. The highest BCUT2D eigenvalue weighted by atomic mass is 16.5. The van der Waals surface area contributed by atoms with Gasteiger partial charge in [0.15, 0.2) is 0 Å². The molecule has 20 heavy (non-hydrogen) atoms. The van der Waals surface area contributed by atoms with Crippen LogP contribution in [0.25, 0.3) is 6.08 Å². The summed E-state index contributed by atoms with van der Waals surface area (Å²) in [5.41, 5.74) is 2.20. The zero-order valence-corrected chi connectivity index (χ0v) is 12.3. The Hall–Kier alpha value is -2.10. The van der Waals surface area contributed by atoms with Gasteiger partial charge in [0.2, 0.25) is 5.91 Å². The Morgan fingerprint density at radius 2 is 1.75 bits per heavy atom. The van der Waals surface area contributed by atoms with E-state index in [1.54, 1.807) is 13.0 Å². The number of amides is 1. The molecule has 0 aliphatic heterocycles. The molecule has 4 nitrogen and oxygen atoms in total.